The molecule has 1 aliphatic rings. The van der Waals surface area contributed by atoms with E-state index in [-0.39, 0.29) is 0 Å². The van der Waals surface area contributed by atoms with Crippen molar-refractivity contribution in [2.24, 2.45) is 4.99 Å². The van der Waals surface area contributed by atoms with E-state index in [0.29, 0.717) is 12.6 Å². The molecule has 0 radical (unpaired) electrons. The maximum Gasteiger partial charge on any atom is 0.193 e. The molecule has 6 heteroatoms. The van der Waals surface area contributed by atoms with Gasteiger partial charge >= 0.3 is 0 Å². The van der Waals surface area contributed by atoms with Gasteiger partial charge in [-0.15, -0.1) is 0 Å². The van der Waals surface area contributed by atoms with Gasteiger partial charge in [-0.1, -0.05) is 5.16 Å². The number of hydrogen-bond acceptors (Lipinski definition) is 4. The van der Waals surface area contributed by atoms with Crippen LogP contribution in [0.15, 0.2) is 21.8 Å². The van der Waals surface area contributed by atoms with Crippen molar-refractivity contribution >= 4 is 5.96 Å². The molecule has 1 N–H and O–H groups in total. The highest BCUT2D eigenvalue weighted by atomic mass is 16.5. The highest BCUT2D eigenvalue weighted by Crippen LogP contribution is 2.10. The zero-order chi connectivity index (χ0) is 12.8. The smallest absolute Gasteiger partial charge is 0.193 e. The summed E-state index contributed by atoms with van der Waals surface area (Å²) in [5, 5.41) is 7.20. The molecular formula is C12H20N4O2. The van der Waals surface area contributed by atoms with Crippen molar-refractivity contribution in [2.75, 3.05) is 27.2 Å². The lowest BCUT2D eigenvalue weighted by Crippen LogP contribution is -2.41. The van der Waals surface area contributed by atoms with Crippen LogP contribution in [0.4, 0.5) is 0 Å². The van der Waals surface area contributed by atoms with E-state index in [1.165, 1.54) is 0 Å². The van der Waals surface area contributed by atoms with Gasteiger partial charge in [-0.2, -0.15) is 0 Å². The Kier molecular flexibility index (Phi) is 4.58. The zero-order valence-electron chi connectivity index (χ0n) is 10.9. The highest BCUT2D eigenvalue weighted by molar-refractivity contribution is 5.79. The molecule has 0 aliphatic carbocycles. The van der Waals surface area contributed by atoms with Crippen molar-refractivity contribution in [2.45, 2.75) is 25.5 Å². The number of nitrogens with one attached hydrogen (secondary N) is 1. The minimum Gasteiger partial charge on any atom is -0.376 e. The maximum atomic E-state index is 5.57. The first-order valence-corrected chi connectivity index (χ1v) is 6.22. The summed E-state index contributed by atoms with van der Waals surface area (Å²) >= 11 is 0. The van der Waals surface area contributed by atoms with Crippen LogP contribution in [-0.4, -0.2) is 49.4 Å². The van der Waals surface area contributed by atoms with Crippen molar-refractivity contribution in [3.05, 3.63) is 18.0 Å². The summed E-state index contributed by atoms with van der Waals surface area (Å²) < 4.78 is 10.4. The van der Waals surface area contributed by atoms with Crippen LogP contribution in [0.1, 0.15) is 18.5 Å². The molecule has 6 nitrogen and oxygen atoms in total. The van der Waals surface area contributed by atoms with E-state index in [0.717, 1.165) is 37.6 Å². The second kappa shape index (κ2) is 6.39. The third-order valence-electron chi connectivity index (χ3n) is 2.98. The first-order chi connectivity index (χ1) is 8.79. The average Bonchev–Trinajstić information content (AvgIpc) is 3.02. The number of aromatic nitrogens is 1. The molecule has 2 heterocycles. The standard InChI is InChI=1S/C12H20N4O2/c1-13-12(14-8-11-4-3-6-17-11)16(2)9-10-5-7-18-15-10/h5,7,11H,3-4,6,8-9H2,1-2H3,(H,13,14). The normalized spacial score (nSPS) is 20.1. The first-order valence-electron chi connectivity index (χ1n) is 6.22. The summed E-state index contributed by atoms with van der Waals surface area (Å²) in [5.74, 6) is 0.841. The van der Waals surface area contributed by atoms with E-state index >= 15 is 0 Å². The fraction of sp³-hybridized carbons (Fsp3) is 0.667. The number of aliphatic imine (C=N–C) groups is 1. The third kappa shape index (κ3) is 3.46. The summed E-state index contributed by atoms with van der Waals surface area (Å²) in [6, 6.07) is 1.85. The quantitative estimate of drug-likeness (QED) is 0.636. The molecule has 2 rings (SSSR count). The van der Waals surface area contributed by atoms with E-state index in [9.17, 15) is 0 Å². The molecule has 1 unspecified atom stereocenters. The van der Waals surface area contributed by atoms with Gasteiger partial charge in [-0.3, -0.25) is 4.99 Å². The molecule has 0 spiro atoms. The lowest BCUT2D eigenvalue weighted by atomic mass is 10.2. The molecule has 18 heavy (non-hydrogen) atoms. The Hall–Kier alpha value is -1.56. The largest absolute Gasteiger partial charge is 0.376 e. The number of rotatable bonds is 4. The van der Waals surface area contributed by atoms with Crippen LogP contribution in [-0.2, 0) is 11.3 Å². The van der Waals surface area contributed by atoms with Gasteiger partial charge in [-0.05, 0) is 12.8 Å². The summed E-state index contributed by atoms with van der Waals surface area (Å²) in [5.41, 5.74) is 0.887. The number of ether oxygens (including phenoxy) is 1. The van der Waals surface area contributed by atoms with Gasteiger partial charge in [0.05, 0.1) is 12.6 Å². The van der Waals surface area contributed by atoms with Crippen LogP contribution in [0.2, 0.25) is 0 Å². The maximum absolute atomic E-state index is 5.57. The number of hydrogen-bond donors (Lipinski definition) is 1. The molecule has 1 fully saturated rings. The van der Waals surface area contributed by atoms with Crippen LogP contribution in [0.25, 0.3) is 0 Å². The molecule has 0 bridgehead atoms. The molecule has 0 saturated carbocycles. The van der Waals surface area contributed by atoms with E-state index in [2.05, 4.69) is 15.5 Å². The molecular weight excluding hydrogens is 232 g/mol. The fourth-order valence-corrected chi connectivity index (χ4v) is 2.03. The van der Waals surface area contributed by atoms with Gasteiger partial charge in [0, 0.05) is 33.3 Å². The third-order valence-corrected chi connectivity index (χ3v) is 2.98. The van der Waals surface area contributed by atoms with Gasteiger partial charge in [0.15, 0.2) is 5.96 Å². The Morgan fingerprint density at radius 3 is 3.17 bits per heavy atom. The Morgan fingerprint density at radius 1 is 1.67 bits per heavy atom. The predicted molar refractivity (Wildman–Crippen MR) is 68.3 cm³/mol. The zero-order valence-corrected chi connectivity index (χ0v) is 10.9. The summed E-state index contributed by atoms with van der Waals surface area (Å²) in [6.45, 7) is 2.34. The van der Waals surface area contributed by atoms with Crippen molar-refractivity contribution in [3.8, 4) is 0 Å². The minimum atomic E-state index is 0.308. The van der Waals surface area contributed by atoms with Gasteiger partial charge in [0.2, 0.25) is 0 Å². The second-order valence-corrected chi connectivity index (χ2v) is 4.41. The summed E-state index contributed by atoms with van der Waals surface area (Å²) in [4.78, 5) is 6.25. The molecule has 1 aromatic rings. The van der Waals surface area contributed by atoms with Crippen molar-refractivity contribution in [3.63, 3.8) is 0 Å². The van der Waals surface area contributed by atoms with Gasteiger partial charge in [0.25, 0.3) is 0 Å². The van der Waals surface area contributed by atoms with Gasteiger partial charge < -0.3 is 19.5 Å². The SMILES string of the molecule is CN=C(NCC1CCCO1)N(C)Cc1ccon1. The average molecular weight is 252 g/mol. The molecule has 100 valence electrons. The van der Waals surface area contributed by atoms with E-state index in [1.807, 2.05) is 18.0 Å². The molecule has 0 aromatic carbocycles. The number of nitrogens with zero attached hydrogens (tertiary/aromatic N) is 3. The van der Waals surface area contributed by atoms with Gasteiger partial charge in [-0.25, -0.2) is 0 Å². The lowest BCUT2D eigenvalue weighted by molar-refractivity contribution is 0.113. The van der Waals surface area contributed by atoms with Crippen LogP contribution in [0.3, 0.4) is 0 Å². The molecule has 1 aromatic heterocycles. The van der Waals surface area contributed by atoms with Crippen molar-refractivity contribution < 1.29 is 9.26 Å². The summed E-state index contributed by atoms with van der Waals surface area (Å²) in [7, 11) is 3.75. The fourth-order valence-electron chi connectivity index (χ4n) is 2.03. The highest BCUT2D eigenvalue weighted by Gasteiger charge is 2.16. The minimum absolute atomic E-state index is 0.308. The molecule has 0 amide bonds. The van der Waals surface area contributed by atoms with Gasteiger partial charge in [0.1, 0.15) is 12.0 Å². The second-order valence-electron chi connectivity index (χ2n) is 4.41. The number of guanidine groups is 1. The lowest BCUT2D eigenvalue weighted by Gasteiger charge is -2.22. The van der Waals surface area contributed by atoms with Crippen molar-refractivity contribution in [1.29, 1.82) is 0 Å². The monoisotopic (exact) mass is 252 g/mol. The Balaban J connectivity index is 1.80. The molecule has 1 aliphatic heterocycles. The van der Waals surface area contributed by atoms with E-state index in [4.69, 9.17) is 9.26 Å². The van der Waals surface area contributed by atoms with Crippen molar-refractivity contribution in [1.82, 2.24) is 15.4 Å². The van der Waals surface area contributed by atoms with Crippen LogP contribution in [0, 0.1) is 0 Å². The summed E-state index contributed by atoms with van der Waals surface area (Å²) in [6.07, 6.45) is 4.16. The van der Waals surface area contributed by atoms with Crippen LogP contribution >= 0.6 is 0 Å². The predicted octanol–water partition coefficient (Wildman–Crippen LogP) is 0.861. The van der Waals surface area contributed by atoms with E-state index < -0.39 is 0 Å². The first kappa shape index (κ1) is 12.9. The van der Waals surface area contributed by atoms with E-state index in [1.54, 1.807) is 13.3 Å². The topological polar surface area (TPSA) is 62.9 Å². The Labute approximate surface area is 107 Å². The van der Waals surface area contributed by atoms with Crippen LogP contribution in [0.5, 0.6) is 0 Å². The van der Waals surface area contributed by atoms with Crippen LogP contribution < -0.4 is 5.32 Å². The Morgan fingerprint density at radius 2 is 2.56 bits per heavy atom. The Bertz CT molecular complexity index is 371. The molecule has 1 atom stereocenters. The molecule has 1 saturated heterocycles.